The van der Waals surface area contributed by atoms with Crippen LogP contribution in [0, 0.1) is 12.8 Å². The molecule has 0 saturated heterocycles. The van der Waals surface area contributed by atoms with Crippen LogP contribution in [0.2, 0.25) is 5.02 Å². The minimum absolute atomic E-state index is 0.175. The van der Waals surface area contributed by atoms with E-state index in [0.717, 1.165) is 49.2 Å². The van der Waals surface area contributed by atoms with E-state index in [0.29, 0.717) is 17.8 Å². The van der Waals surface area contributed by atoms with Crippen molar-refractivity contribution in [2.45, 2.75) is 64.4 Å². The van der Waals surface area contributed by atoms with Crippen molar-refractivity contribution in [1.29, 1.82) is 0 Å². The highest BCUT2D eigenvalue weighted by atomic mass is 35.5. The SMILES string of the molecule is Cc1nc(C2CCC(Oc3ncccn3)CC2)n2c1CC(C)Cc1cc(Cl)ccc1-2. The van der Waals surface area contributed by atoms with Gasteiger partial charge in [-0.1, -0.05) is 18.5 Å². The van der Waals surface area contributed by atoms with Gasteiger partial charge >= 0.3 is 6.01 Å². The summed E-state index contributed by atoms with van der Waals surface area (Å²) in [4.78, 5) is 13.5. The molecule has 6 heteroatoms. The summed E-state index contributed by atoms with van der Waals surface area (Å²) in [6, 6.07) is 8.59. The molecule has 1 unspecified atom stereocenters. The van der Waals surface area contributed by atoms with Gasteiger partial charge in [0.25, 0.3) is 0 Å². The van der Waals surface area contributed by atoms with E-state index in [9.17, 15) is 0 Å². The Morgan fingerprint density at radius 3 is 2.60 bits per heavy atom. The summed E-state index contributed by atoms with van der Waals surface area (Å²) in [7, 11) is 0. The Balaban J connectivity index is 1.42. The molecule has 1 aromatic carbocycles. The fourth-order valence-electron chi connectivity index (χ4n) is 5.02. The number of ether oxygens (including phenoxy) is 1. The minimum atomic E-state index is 0.175. The molecule has 1 aliphatic heterocycles. The number of rotatable bonds is 3. The van der Waals surface area contributed by atoms with Gasteiger partial charge in [-0.15, -0.1) is 0 Å². The second-order valence-electron chi connectivity index (χ2n) is 8.75. The molecular formula is C24H27ClN4O. The molecule has 0 amide bonds. The van der Waals surface area contributed by atoms with Crippen LogP contribution in [0.1, 0.15) is 61.3 Å². The lowest BCUT2D eigenvalue weighted by Gasteiger charge is -2.28. The molecule has 156 valence electrons. The zero-order chi connectivity index (χ0) is 20.7. The number of benzene rings is 1. The summed E-state index contributed by atoms with van der Waals surface area (Å²) in [6.07, 6.45) is 9.83. The number of aryl methyl sites for hydroxylation is 1. The van der Waals surface area contributed by atoms with Gasteiger partial charge in [0.1, 0.15) is 11.9 Å². The Kier molecular flexibility index (Phi) is 5.23. The number of nitrogens with zero attached hydrogens (tertiary/aromatic N) is 4. The maximum atomic E-state index is 6.33. The standard InChI is InChI=1S/C24H27ClN4O/c1-15-12-18-14-19(25)6-9-21(18)29-22(13-15)16(2)28-23(29)17-4-7-20(8-5-17)30-24-26-10-3-11-27-24/h3,6,9-11,14-15,17,20H,4-5,7-8,12-13H2,1-2H3. The molecule has 0 radical (unpaired) electrons. The molecule has 1 fully saturated rings. The molecule has 2 aromatic heterocycles. The van der Waals surface area contributed by atoms with Crippen molar-refractivity contribution in [3.63, 3.8) is 0 Å². The molecule has 0 N–H and O–H groups in total. The van der Waals surface area contributed by atoms with Crippen LogP contribution in [0.15, 0.2) is 36.7 Å². The van der Waals surface area contributed by atoms with Crippen LogP contribution in [0.25, 0.3) is 5.69 Å². The summed E-state index contributed by atoms with van der Waals surface area (Å²) >= 11 is 6.33. The number of aromatic nitrogens is 4. The number of fused-ring (bicyclic) bond motifs is 3. The second-order valence-corrected chi connectivity index (χ2v) is 9.18. The highest BCUT2D eigenvalue weighted by molar-refractivity contribution is 6.30. The average molecular weight is 423 g/mol. The maximum absolute atomic E-state index is 6.33. The summed E-state index contributed by atoms with van der Waals surface area (Å²) in [6.45, 7) is 4.48. The first kappa shape index (κ1) is 19.6. The lowest BCUT2D eigenvalue weighted by Crippen LogP contribution is -2.25. The molecule has 0 spiro atoms. The predicted molar refractivity (Wildman–Crippen MR) is 118 cm³/mol. The second kappa shape index (κ2) is 8.03. The maximum Gasteiger partial charge on any atom is 0.316 e. The van der Waals surface area contributed by atoms with Gasteiger partial charge in [-0.05, 0) is 81.2 Å². The molecule has 3 aromatic rings. The van der Waals surface area contributed by atoms with Crippen molar-refractivity contribution >= 4 is 11.6 Å². The van der Waals surface area contributed by atoms with Crippen molar-refractivity contribution in [3.8, 4) is 11.7 Å². The van der Waals surface area contributed by atoms with Crippen LogP contribution in [0.3, 0.4) is 0 Å². The van der Waals surface area contributed by atoms with Crippen molar-refractivity contribution in [2.24, 2.45) is 5.92 Å². The molecule has 5 nitrogen and oxygen atoms in total. The fourth-order valence-corrected chi connectivity index (χ4v) is 5.21. The summed E-state index contributed by atoms with van der Waals surface area (Å²) in [5.74, 6) is 2.21. The van der Waals surface area contributed by atoms with Crippen LogP contribution < -0.4 is 4.74 Å². The van der Waals surface area contributed by atoms with Gasteiger partial charge in [-0.3, -0.25) is 4.57 Å². The Hall–Kier alpha value is -2.40. The first-order valence-corrected chi connectivity index (χ1v) is 11.3. The van der Waals surface area contributed by atoms with Crippen molar-refractivity contribution in [2.75, 3.05) is 0 Å². The largest absolute Gasteiger partial charge is 0.460 e. The summed E-state index contributed by atoms with van der Waals surface area (Å²) in [5, 5.41) is 0.809. The van der Waals surface area contributed by atoms with E-state index in [2.05, 4.69) is 40.5 Å². The number of hydrogen-bond donors (Lipinski definition) is 0. The highest BCUT2D eigenvalue weighted by Crippen LogP contribution is 2.39. The Bertz CT molecular complexity index is 1040. The number of halogens is 1. The predicted octanol–water partition coefficient (Wildman–Crippen LogP) is 5.46. The van der Waals surface area contributed by atoms with E-state index in [4.69, 9.17) is 21.3 Å². The fraction of sp³-hybridized carbons (Fsp3) is 0.458. The van der Waals surface area contributed by atoms with E-state index in [1.54, 1.807) is 12.4 Å². The number of imidazole rings is 1. The average Bonchev–Trinajstić information content (AvgIpc) is 2.97. The van der Waals surface area contributed by atoms with E-state index in [-0.39, 0.29) is 6.10 Å². The first-order chi connectivity index (χ1) is 14.6. The third-order valence-electron chi connectivity index (χ3n) is 6.45. The third kappa shape index (κ3) is 3.71. The van der Waals surface area contributed by atoms with Crippen molar-refractivity contribution in [1.82, 2.24) is 19.5 Å². The zero-order valence-electron chi connectivity index (χ0n) is 17.5. The Morgan fingerprint density at radius 2 is 1.83 bits per heavy atom. The van der Waals surface area contributed by atoms with Gasteiger partial charge in [0, 0.05) is 29.0 Å². The molecule has 0 bridgehead atoms. The van der Waals surface area contributed by atoms with Crippen molar-refractivity contribution < 1.29 is 4.74 Å². The van der Waals surface area contributed by atoms with Gasteiger partial charge in [-0.2, -0.15) is 0 Å². The van der Waals surface area contributed by atoms with E-state index < -0.39 is 0 Å². The highest BCUT2D eigenvalue weighted by Gasteiger charge is 2.31. The third-order valence-corrected chi connectivity index (χ3v) is 6.68. The van der Waals surface area contributed by atoms with Crippen LogP contribution >= 0.6 is 11.6 Å². The van der Waals surface area contributed by atoms with E-state index in [1.807, 2.05) is 12.1 Å². The lowest BCUT2D eigenvalue weighted by molar-refractivity contribution is 0.132. The van der Waals surface area contributed by atoms with Gasteiger partial charge in [0.15, 0.2) is 0 Å². The normalized spacial score (nSPS) is 23.4. The van der Waals surface area contributed by atoms with Gasteiger partial charge < -0.3 is 4.74 Å². The van der Waals surface area contributed by atoms with Gasteiger partial charge in [0.05, 0.1) is 11.4 Å². The van der Waals surface area contributed by atoms with Crippen LogP contribution in [-0.2, 0) is 12.8 Å². The van der Waals surface area contributed by atoms with Crippen LogP contribution in [0.4, 0.5) is 0 Å². The summed E-state index contributed by atoms with van der Waals surface area (Å²) < 4.78 is 8.44. The Morgan fingerprint density at radius 1 is 1.07 bits per heavy atom. The molecule has 5 rings (SSSR count). The topological polar surface area (TPSA) is 52.8 Å². The molecule has 1 aliphatic carbocycles. The van der Waals surface area contributed by atoms with Crippen LogP contribution in [0.5, 0.6) is 6.01 Å². The molecule has 3 heterocycles. The number of hydrogen-bond acceptors (Lipinski definition) is 4. The summed E-state index contributed by atoms with van der Waals surface area (Å²) in [5.41, 5.74) is 5.10. The van der Waals surface area contributed by atoms with Gasteiger partial charge in [0.2, 0.25) is 0 Å². The molecular weight excluding hydrogens is 396 g/mol. The van der Waals surface area contributed by atoms with E-state index >= 15 is 0 Å². The molecule has 30 heavy (non-hydrogen) atoms. The minimum Gasteiger partial charge on any atom is -0.460 e. The van der Waals surface area contributed by atoms with Gasteiger partial charge in [-0.25, -0.2) is 15.0 Å². The monoisotopic (exact) mass is 422 g/mol. The van der Waals surface area contributed by atoms with Crippen LogP contribution in [-0.4, -0.2) is 25.6 Å². The zero-order valence-corrected chi connectivity index (χ0v) is 18.3. The molecule has 1 saturated carbocycles. The lowest BCUT2D eigenvalue weighted by atomic mass is 9.86. The molecule has 1 atom stereocenters. The first-order valence-electron chi connectivity index (χ1n) is 10.9. The molecule has 2 aliphatic rings. The van der Waals surface area contributed by atoms with E-state index in [1.165, 1.54) is 22.8 Å². The Labute approximate surface area is 182 Å². The smallest absolute Gasteiger partial charge is 0.316 e. The quantitative estimate of drug-likeness (QED) is 0.562. The van der Waals surface area contributed by atoms with Crippen molar-refractivity contribution in [3.05, 3.63) is 64.5 Å².